The molecular weight excluding hydrogens is 353 g/mol. The van der Waals surface area contributed by atoms with Crippen molar-refractivity contribution in [2.75, 3.05) is 18.1 Å². The van der Waals surface area contributed by atoms with Crippen LogP contribution in [0, 0.1) is 5.82 Å². The molecule has 0 saturated heterocycles. The van der Waals surface area contributed by atoms with E-state index in [-0.39, 0.29) is 22.9 Å². The maximum Gasteiger partial charge on any atom is 0.182 e. The number of pyridine rings is 1. The van der Waals surface area contributed by atoms with E-state index >= 15 is 0 Å². The van der Waals surface area contributed by atoms with E-state index in [1.807, 2.05) is 12.1 Å². The minimum Gasteiger partial charge on any atom is -0.398 e. The zero-order valence-corrected chi connectivity index (χ0v) is 14.4. The minimum atomic E-state index is -3.69. The normalized spacial score (nSPS) is 12.2. The van der Waals surface area contributed by atoms with E-state index in [4.69, 9.17) is 10.5 Å². The van der Waals surface area contributed by atoms with Crippen LogP contribution in [0.25, 0.3) is 0 Å². The van der Waals surface area contributed by atoms with Crippen molar-refractivity contribution in [3.8, 4) is 0 Å². The van der Waals surface area contributed by atoms with Crippen molar-refractivity contribution in [3.05, 3.63) is 54.1 Å². The number of halogens is 1. The van der Waals surface area contributed by atoms with Gasteiger partial charge in [-0.25, -0.2) is 12.8 Å². The molecule has 0 amide bonds. The van der Waals surface area contributed by atoms with Gasteiger partial charge in [0.1, 0.15) is 5.82 Å². The van der Waals surface area contributed by atoms with Gasteiger partial charge in [-0.3, -0.25) is 9.71 Å². The van der Waals surface area contributed by atoms with Gasteiger partial charge < -0.3 is 10.5 Å². The molecular formula is C15H18FN3O3S2. The molecule has 0 spiro atoms. The van der Waals surface area contributed by atoms with Gasteiger partial charge in [0.05, 0.1) is 28.5 Å². The monoisotopic (exact) mass is 371 g/mol. The number of hydrogen-bond donors (Lipinski definition) is 3. The van der Waals surface area contributed by atoms with E-state index in [1.165, 1.54) is 11.6 Å². The van der Waals surface area contributed by atoms with Crippen LogP contribution < -0.4 is 10.5 Å². The largest absolute Gasteiger partial charge is 0.398 e. The standard InChI is InChI=1S/C15H18FN3O3S2/c16-13-3-4-14(17)15(8-13)24(20,21)7-6-22-11-23-19-10-12-2-1-5-18-9-12/h1-5,8-9,11,19,23H,6-7,10,17H2. The average molecular weight is 371 g/mol. The summed E-state index contributed by atoms with van der Waals surface area (Å²) < 4.78 is 45.7. The molecule has 9 heteroatoms. The number of nitrogens with one attached hydrogen (secondary N) is 1. The third-order valence-electron chi connectivity index (χ3n) is 3.01. The minimum absolute atomic E-state index is 0.0247. The number of benzene rings is 1. The molecule has 0 saturated carbocycles. The lowest BCUT2D eigenvalue weighted by atomic mass is 10.3. The van der Waals surface area contributed by atoms with Crippen LogP contribution >= 0.6 is 11.5 Å². The summed E-state index contributed by atoms with van der Waals surface area (Å²) in [4.78, 5) is 3.78. The number of nitrogens with zero attached hydrogens (tertiary/aromatic N) is 1. The average Bonchev–Trinajstić information content (AvgIpc) is 2.57. The highest BCUT2D eigenvalue weighted by atomic mass is 32.2. The van der Waals surface area contributed by atoms with Crippen molar-refractivity contribution in [2.45, 2.75) is 11.4 Å². The predicted molar refractivity (Wildman–Crippen MR) is 94.9 cm³/mol. The van der Waals surface area contributed by atoms with Gasteiger partial charge in [0.15, 0.2) is 9.84 Å². The second-order valence-electron chi connectivity index (χ2n) is 4.80. The Kier molecular flexibility index (Phi) is 6.85. The fourth-order valence-electron chi connectivity index (χ4n) is 1.81. The highest BCUT2D eigenvalue weighted by molar-refractivity contribution is 7.95. The number of sulfone groups is 1. The molecule has 0 aliphatic heterocycles. The topological polar surface area (TPSA) is 94.3 Å². The van der Waals surface area contributed by atoms with Gasteiger partial charge in [-0.1, -0.05) is 6.07 Å². The smallest absolute Gasteiger partial charge is 0.182 e. The lowest BCUT2D eigenvalue weighted by Crippen LogP contribution is -2.14. The highest BCUT2D eigenvalue weighted by Crippen LogP contribution is 2.20. The summed E-state index contributed by atoms with van der Waals surface area (Å²) in [7, 11) is -3.69. The van der Waals surface area contributed by atoms with Crippen molar-refractivity contribution in [1.29, 1.82) is 0 Å². The number of ether oxygens (including phenoxy) is 1. The van der Waals surface area contributed by atoms with Crippen LogP contribution in [0.3, 0.4) is 0 Å². The lowest BCUT2D eigenvalue weighted by Gasteiger charge is -2.07. The number of thiol groups is 1. The SMILES string of the molecule is Nc1ccc(F)cc1S(=O)(=O)CCOC=[SH]NCc1cccnc1. The number of nitrogen functional groups attached to an aromatic ring is 1. The maximum absolute atomic E-state index is 13.2. The van der Waals surface area contributed by atoms with Crippen LogP contribution in [0.15, 0.2) is 47.6 Å². The number of aromatic nitrogens is 1. The number of nitrogens with two attached hydrogens (primary N) is 1. The van der Waals surface area contributed by atoms with Crippen molar-refractivity contribution >= 4 is 32.6 Å². The Morgan fingerprint density at radius 2 is 2.21 bits per heavy atom. The second kappa shape index (κ2) is 8.88. The zero-order valence-electron chi connectivity index (χ0n) is 12.7. The Morgan fingerprint density at radius 3 is 2.96 bits per heavy atom. The van der Waals surface area contributed by atoms with Crippen molar-refractivity contribution in [2.24, 2.45) is 0 Å². The molecule has 2 aromatic rings. The van der Waals surface area contributed by atoms with E-state index in [0.29, 0.717) is 18.1 Å². The molecule has 0 aliphatic carbocycles. The van der Waals surface area contributed by atoms with Gasteiger partial charge in [-0.05, 0) is 29.8 Å². The molecule has 0 aliphatic rings. The molecule has 6 nitrogen and oxygen atoms in total. The number of anilines is 1. The Balaban J connectivity index is 1.77. The molecule has 0 unspecified atom stereocenters. The number of hydrogen-bond acceptors (Lipinski definition) is 6. The Morgan fingerprint density at radius 1 is 1.38 bits per heavy atom. The lowest BCUT2D eigenvalue weighted by molar-refractivity contribution is 0.351. The highest BCUT2D eigenvalue weighted by Gasteiger charge is 2.18. The molecule has 1 aromatic heterocycles. The summed E-state index contributed by atoms with van der Waals surface area (Å²) in [5.41, 5.74) is 8.10. The molecule has 2 rings (SSSR count). The van der Waals surface area contributed by atoms with E-state index in [0.717, 1.165) is 17.7 Å². The summed E-state index contributed by atoms with van der Waals surface area (Å²) in [5, 5.41) is 0. The van der Waals surface area contributed by atoms with Gasteiger partial charge in [-0.2, -0.15) is 0 Å². The van der Waals surface area contributed by atoms with Gasteiger partial charge in [-0.15, -0.1) is 11.5 Å². The zero-order chi connectivity index (χ0) is 17.4. The quantitative estimate of drug-likeness (QED) is 0.282. The summed E-state index contributed by atoms with van der Waals surface area (Å²) >= 11 is 0.702. The van der Waals surface area contributed by atoms with Crippen LogP contribution in [0.4, 0.5) is 10.1 Å². The van der Waals surface area contributed by atoms with Crippen LogP contribution in [0.2, 0.25) is 0 Å². The predicted octanol–water partition coefficient (Wildman–Crippen LogP) is 1.52. The van der Waals surface area contributed by atoms with Crippen LogP contribution in [-0.2, 0) is 21.1 Å². The molecule has 1 aromatic carbocycles. The summed E-state index contributed by atoms with van der Waals surface area (Å²) in [5.74, 6) is -0.927. The fourth-order valence-corrected chi connectivity index (χ4v) is 3.60. The van der Waals surface area contributed by atoms with E-state index in [9.17, 15) is 12.8 Å². The van der Waals surface area contributed by atoms with Crippen LogP contribution in [-0.4, -0.2) is 31.3 Å². The molecule has 130 valence electrons. The van der Waals surface area contributed by atoms with Crippen LogP contribution in [0.5, 0.6) is 0 Å². The molecule has 24 heavy (non-hydrogen) atoms. The third-order valence-corrected chi connectivity index (χ3v) is 5.33. The first kappa shape index (κ1) is 18.5. The number of rotatable bonds is 8. The van der Waals surface area contributed by atoms with E-state index in [2.05, 4.69) is 9.71 Å². The molecule has 0 fully saturated rings. The van der Waals surface area contributed by atoms with Crippen molar-refractivity contribution in [3.63, 3.8) is 0 Å². The summed E-state index contributed by atoms with van der Waals surface area (Å²) in [6.07, 6.45) is 3.45. The Hall–Kier alpha value is -1.81. The molecule has 1 heterocycles. The van der Waals surface area contributed by atoms with Gasteiger partial charge in [0.2, 0.25) is 0 Å². The van der Waals surface area contributed by atoms with Crippen molar-refractivity contribution in [1.82, 2.24) is 9.71 Å². The van der Waals surface area contributed by atoms with Gasteiger partial charge >= 0.3 is 0 Å². The Labute approximate surface area is 143 Å². The molecule has 0 bridgehead atoms. The van der Waals surface area contributed by atoms with E-state index in [1.54, 1.807) is 12.4 Å². The van der Waals surface area contributed by atoms with Crippen LogP contribution in [0.1, 0.15) is 5.56 Å². The molecule has 0 radical (unpaired) electrons. The second-order valence-corrected chi connectivity index (χ2v) is 7.67. The van der Waals surface area contributed by atoms with Gasteiger partial charge in [0.25, 0.3) is 0 Å². The summed E-state index contributed by atoms with van der Waals surface area (Å²) in [6.45, 7) is 0.577. The van der Waals surface area contributed by atoms with Crippen molar-refractivity contribution < 1.29 is 17.5 Å². The first-order valence-electron chi connectivity index (χ1n) is 7.02. The molecule has 0 atom stereocenters. The maximum atomic E-state index is 13.2. The Bertz CT molecular complexity index is 799. The first-order valence-corrected chi connectivity index (χ1v) is 9.63. The molecule has 3 N–H and O–H groups in total. The summed E-state index contributed by atoms with van der Waals surface area (Å²) in [6, 6.07) is 7.05. The third kappa shape index (κ3) is 5.68. The first-order chi connectivity index (χ1) is 11.5. The van der Waals surface area contributed by atoms with E-state index < -0.39 is 15.7 Å². The fraction of sp³-hybridized carbons (Fsp3) is 0.200. The van der Waals surface area contributed by atoms with Gasteiger partial charge in [0, 0.05) is 18.9 Å².